The minimum Gasteiger partial charge on any atom is -0.327 e. The molecule has 0 N–H and O–H groups in total. The molecule has 4 heteroatoms. The van der Waals surface area contributed by atoms with E-state index in [1.165, 1.54) is 6.07 Å². The van der Waals surface area contributed by atoms with Crippen LogP contribution in [0.3, 0.4) is 0 Å². The van der Waals surface area contributed by atoms with Crippen LogP contribution in [-0.4, -0.2) is 9.55 Å². The predicted octanol–water partition coefficient (Wildman–Crippen LogP) is 4.03. The van der Waals surface area contributed by atoms with Crippen LogP contribution in [0.2, 0.25) is 0 Å². The van der Waals surface area contributed by atoms with Gasteiger partial charge in [-0.25, -0.2) is 13.8 Å². The van der Waals surface area contributed by atoms with Crippen LogP contribution in [0.1, 0.15) is 5.56 Å². The first-order valence-electron chi connectivity index (χ1n) is 6.25. The van der Waals surface area contributed by atoms with Gasteiger partial charge < -0.3 is 4.57 Å². The lowest BCUT2D eigenvalue weighted by Crippen LogP contribution is -1.93. The van der Waals surface area contributed by atoms with E-state index in [0.29, 0.717) is 17.6 Å². The van der Waals surface area contributed by atoms with Crippen molar-refractivity contribution in [1.82, 2.24) is 9.55 Å². The van der Waals surface area contributed by atoms with Gasteiger partial charge in [-0.2, -0.15) is 0 Å². The molecule has 0 aliphatic carbocycles. The zero-order chi connectivity index (χ0) is 13.9. The minimum absolute atomic E-state index is 0.456. The third kappa shape index (κ3) is 2.45. The molecule has 0 fully saturated rings. The Bertz CT molecular complexity index is 761. The van der Waals surface area contributed by atoms with Gasteiger partial charge in [-0.3, -0.25) is 0 Å². The standard InChI is InChI=1S/C16H12F2N2/c17-13-9-15-16(10-14(13)18)20(11-19-15)8-4-7-12-5-2-1-3-6-12/h1-7,9-11H,8H2/b7-4+. The van der Waals surface area contributed by atoms with Crippen LogP contribution < -0.4 is 0 Å². The van der Waals surface area contributed by atoms with Crippen molar-refractivity contribution < 1.29 is 8.78 Å². The van der Waals surface area contributed by atoms with Gasteiger partial charge in [0, 0.05) is 18.7 Å². The van der Waals surface area contributed by atoms with E-state index in [-0.39, 0.29) is 0 Å². The summed E-state index contributed by atoms with van der Waals surface area (Å²) in [5.74, 6) is -1.73. The van der Waals surface area contributed by atoms with Gasteiger partial charge in [-0.15, -0.1) is 0 Å². The smallest absolute Gasteiger partial charge is 0.161 e. The Morgan fingerprint density at radius 2 is 1.80 bits per heavy atom. The first-order valence-corrected chi connectivity index (χ1v) is 6.25. The number of nitrogens with zero attached hydrogens (tertiary/aromatic N) is 2. The second kappa shape index (κ2) is 5.25. The molecule has 100 valence electrons. The summed E-state index contributed by atoms with van der Waals surface area (Å²) in [6, 6.07) is 12.2. The molecule has 2 aromatic carbocycles. The fourth-order valence-electron chi connectivity index (χ4n) is 2.07. The molecule has 20 heavy (non-hydrogen) atoms. The van der Waals surface area contributed by atoms with Gasteiger partial charge in [0.25, 0.3) is 0 Å². The average Bonchev–Trinajstić information content (AvgIpc) is 2.83. The van der Waals surface area contributed by atoms with Crippen LogP contribution >= 0.6 is 0 Å². The number of hydrogen-bond acceptors (Lipinski definition) is 1. The van der Waals surface area contributed by atoms with E-state index in [4.69, 9.17) is 0 Å². The summed E-state index contributed by atoms with van der Waals surface area (Å²) in [5.41, 5.74) is 2.13. The van der Waals surface area contributed by atoms with Crippen molar-refractivity contribution in [1.29, 1.82) is 0 Å². The number of rotatable bonds is 3. The van der Waals surface area contributed by atoms with Crippen LogP contribution in [-0.2, 0) is 6.54 Å². The van der Waals surface area contributed by atoms with Crippen molar-refractivity contribution in [3.8, 4) is 0 Å². The van der Waals surface area contributed by atoms with E-state index < -0.39 is 11.6 Å². The van der Waals surface area contributed by atoms with Crippen molar-refractivity contribution in [2.75, 3.05) is 0 Å². The number of fused-ring (bicyclic) bond motifs is 1. The molecule has 3 rings (SSSR count). The van der Waals surface area contributed by atoms with Gasteiger partial charge in [0.1, 0.15) is 0 Å². The maximum absolute atomic E-state index is 13.3. The van der Waals surface area contributed by atoms with E-state index >= 15 is 0 Å². The van der Waals surface area contributed by atoms with Gasteiger partial charge in [-0.05, 0) is 5.56 Å². The molecular weight excluding hydrogens is 258 g/mol. The third-order valence-electron chi connectivity index (χ3n) is 3.08. The summed E-state index contributed by atoms with van der Waals surface area (Å²) < 4.78 is 28.1. The monoisotopic (exact) mass is 270 g/mol. The van der Waals surface area contributed by atoms with Crippen LogP contribution in [0.4, 0.5) is 8.78 Å². The van der Waals surface area contributed by atoms with Crippen molar-refractivity contribution in [2.45, 2.75) is 6.54 Å². The largest absolute Gasteiger partial charge is 0.327 e. The Hall–Kier alpha value is -2.49. The fraction of sp³-hybridized carbons (Fsp3) is 0.0625. The highest BCUT2D eigenvalue weighted by Crippen LogP contribution is 2.17. The van der Waals surface area contributed by atoms with Crippen LogP contribution in [0, 0.1) is 11.6 Å². The first kappa shape index (κ1) is 12.5. The lowest BCUT2D eigenvalue weighted by Gasteiger charge is -2.00. The molecule has 0 aliphatic rings. The molecule has 0 bridgehead atoms. The van der Waals surface area contributed by atoms with Crippen LogP contribution in [0.5, 0.6) is 0 Å². The minimum atomic E-state index is -0.873. The fourth-order valence-corrected chi connectivity index (χ4v) is 2.07. The Labute approximate surface area is 115 Å². The van der Waals surface area contributed by atoms with E-state index in [1.807, 2.05) is 42.5 Å². The molecule has 1 aromatic heterocycles. The Morgan fingerprint density at radius 3 is 2.60 bits per heavy atom. The van der Waals surface area contributed by atoms with E-state index in [2.05, 4.69) is 4.98 Å². The number of aromatic nitrogens is 2. The van der Waals surface area contributed by atoms with Crippen molar-refractivity contribution in [2.24, 2.45) is 0 Å². The number of hydrogen-bond donors (Lipinski definition) is 0. The molecule has 0 amide bonds. The molecule has 0 unspecified atom stereocenters. The molecule has 0 radical (unpaired) electrons. The first-order chi connectivity index (χ1) is 9.74. The summed E-state index contributed by atoms with van der Waals surface area (Å²) in [5, 5.41) is 0. The third-order valence-corrected chi connectivity index (χ3v) is 3.08. The van der Waals surface area contributed by atoms with E-state index in [0.717, 1.165) is 11.6 Å². The summed E-state index contributed by atoms with van der Waals surface area (Å²) in [6.07, 6.45) is 5.52. The Kier molecular flexibility index (Phi) is 3.29. The predicted molar refractivity (Wildman–Crippen MR) is 75.1 cm³/mol. The number of allylic oxidation sites excluding steroid dienone is 1. The molecule has 1 heterocycles. The van der Waals surface area contributed by atoms with Gasteiger partial charge >= 0.3 is 0 Å². The molecule has 2 nitrogen and oxygen atoms in total. The van der Waals surface area contributed by atoms with Gasteiger partial charge in [-0.1, -0.05) is 42.5 Å². The lowest BCUT2D eigenvalue weighted by atomic mass is 10.2. The molecule has 0 spiro atoms. The average molecular weight is 270 g/mol. The van der Waals surface area contributed by atoms with Crippen LogP contribution in [0.25, 0.3) is 17.1 Å². The van der Waals surface area contributed by atoms with Crippen molar-refractivity contribution in [3.05, 3.63) is 72.1 Å². The summed E-state index contributed by atoms with van der Waals surface area (Å²) in [6.45, 7) is 0.552. The van der Waals surface area contributed by atoms with Gasteiger partial charge in [0.2, 0.25) is 0 Å². The summed E-state index contributed by atoms with van der Waals surface area (Å²) in [4.78, 5) is 4.07. The van der Waals surface area contributed by atoms with Gasteiger partial charge in [0.05, 0.1) is 17.4 Å². The Balaban J connectivity index is 1.85. The zero-order valence-corrected chi connectivity index (χ0v) is 10.6. The topological polar surface area (TPSA) is 17.8 Å². The zero-order valence-electron chi connectivity index (χ0n) is 10.6. The lowest BCUT2D eigenvalue weighted by molar-refractivity contribution is 0.510. The second-order valence-electron chi connectivity index (χ2n) is 4.47. The normalized spacial score (nSPS) is 11.5. The summed E-state index contributed by atoms with van der Waals surface area (Å²) in [7, 11) is 0. The highest BCUT2D eigenvalue weighted by Gasteiger charge is 2.08. The maximum Gasteiger partial charge on any atom is 0.161 e. The maximum atomic E-state index is 13.3. The van der Waals surface area contributed by atoms with Crippen molar-refractivity contribution in [3.63, 3.8) is 0 Å². The van der Waals surface area contributed by atoms with Crippen LogP contribution in [0.15, 0.2) is 54.9 Å². The molecule has 0 saturated heterocycles. The highest BCUT2D eigenvalue weighted by molar-refractivity contribution is 5.75. The summed E-state index contributed by atoms with van der Waals surface area (Å²) >= 11 is 0. The number of halogens is 2. The number of benzene rings is 2. The van der Waals surface area contributed by atoms with E-state index in [1.54, 1.807) is 10.9 Å². The molecule has 0 atom stereocenters. The quantitative estimate of drug-likeness (QED) is 0.702. The van der Waals surface area contributed by atoms with Gasteiger partial charge in [0.15, 0.2) is 11.6 Å². The number of imidazole rings is 1. The molecule has 0 saturated carbocycles. The van der Waals surface area contributed by atoms with E-state index in [9.17, 15) is 8.78 Å². The molecule has 3 aromatic rings. The Morgan fingerprint density at radius 1 is 1.05 bits per heavy atom. The second-order valence-corrected chi connectivity index (χ2v) is 4.47. The molecule has 0 aliphatic heterocycles. The molecular formula is C16H12F2N2. The SMILES string of the molecule is Fc1cc2ncn(C/C=C/c3ccccc3)c2cc1F. The van der Waals surface area contributed by atoms with Crippen molar-refractivity contribution >= 4 is 17.1 Å². The highest BCUT2D eigenvalue weighted by atomic mass is 19.2.